The molecule has 112 valence electrons. The lowest BCUT2D eigenvalue weighted by atomic mass is 9.95. The van der Waals surface area contributed by atoms with Gasteiger partial charge in [0, 0.05) is 23.9 Å². The van der Waals surface area contributed by atoms with E-state index in [1.165, 1.54) is 25.7 Å². The van der Waals surface area contributed by atoms with Gasteiger partial charge in [-0.05, 0) is 38.4 Å². The van der Waals surface area contributed by atoms with E-state index < -0.39 is 0 Å². The highest BCUT2D eigenvalue weighted by Crippen LogP contribution is 2.28. The van der Waals surface area contributed by atoms with Gasteiger partial charge in [-0.3, -0.25) is 0 Å². The highest BCUT2D eigenvalue weighted by molar-refractivity contribution is 7.99. The van der Waals surface area contributed by atoms with E-state index in [4.69, 9.17) is 5.73 Å². The zero-order valence-electron chi connectivity index (χ0n) is 12.4. The van der Waals surface area contributed by atoms with E-state index in [1.54, 1.807) is 0 Å². The Labute approximate surface area is 125 Å². The third-order valence-electron chi connectivity index (χ3n) is 3.66. The highest BCUT2D eigenvalue weighted by Gasteiger charge is 2.20. The molecule has 4 N–H and O–H groups in total. The summed E-state index contributed by atoms with van der Waals surface area (Å²) in [5.41, 5.74) is 5.77. The Morgan fingerprint density at radius 1 is 1.25 bits per heavy atom. The van der Waals surface area contributed by atoms with E-state index in [1.807, 2.05) is 17.8 Å². The van der Waals surface area contributed by atoms with Gasteiger partial charge in [-0.2, -0.15) is 21.7 Å². The molecule has 20 heavy (non-hydrogen) atoms. The first-order valence-electron chi connectivity index (χ1n) is 7.39. The van der Waals surface area contributed by atoms with E-state index in [2.05, 4.69) is 33.8 Å². The molecule has 0 aliphatic heterocycles. The van der Waals surface area contributed by atoms with Crippen molar-refractivity contribution < 1.29 is 0 Å². The molecular formula is C14H25N5S. The van der Waals surface area contributed by atoms with E-state index >= 15 is 0 Å². The molecule has 1 aliphatic rings. The third-order valence-corrected chi connectivity index (χ3v) is 4.80. The van der Waals surface area contributed by atoms with Crippen LogP contribution in [0.15, 0.2) is 6.07 Å². The van der Waals surface area contributed by atoms with Gasteiger partial charge in [0.1, 0.15) is 11.6 Å². The molecule has 1 fully saturated rings. The van der Waals surface area contributed by atoms with Crippen molar-refractivity contribution >= 4 is 29.3 Å². The zero-order chi connectivity index (χ0) is 14.4. The van der Waals surface area contributed by atoms with Gasteiger partial charge < -0.3 is 16.4 Å². The number of hydrogen-bond acceptors (Lipinski definition) is 6. The van der Waals surface area contributed by atoms with E-state index in [9.17, 15) is 0 Å². The molecule has 1 saturated carbocycles. The fraction of sp³-hybridized carbons (Fsp3) is 0.714. The van der Waals surface area contributed by atoms with Crippen molar-refractivity contribution in [2.45, 2.75) is 50.3 Å². The van der Waals surface area contributed by atoms with Crippen LogP contribution in [0, 0.1) is 0 Å². The van der Waals surface area contributed by atoms with Gasteiger partial charge in [0.2, 0.25) is 5.95 Å². The van der Waals surface area contributed by atoms with Crippen LogP contribution in [-0.2, 0) is 0 Å². The fourth-order valence-corrected chi connectivity index (χ4v) is 3.28. The van der Waals surface area contributed by atoms with E-state index in [0.29, 0.717) is 12.0 Å². The van der Waals surface area contributed by atoms with Crippen LogP contribution in [0.5, 0.6) is 0 Å². The van der Waals surface area contributed by atoms with Crippen molar-refractivity contribution in [2.75, 3.05) is 29.2 Å². The summed E-state index contributed by atoms with van der Waals surface area (Å²) in [6.07, 6.45) is 8.22. The molecule has 0 bridgehead atoms. The first kappa shape index (κ1) is 15.2. The Hall–Kier alpha value is -1.17. The molecular weight excluding hydrogens is 270 g/mol. The average Bonchev–Trinajstić information content (AvgIpc) is 2.45. The van der Waals surface area contributed by atoms with Gasteiger partial charge in [-0.15, -0.1) is 0 Å². The minimum Gasteiger partial charge on any atom is -0.370 e. The highest BCUT2D eigenvalue weighted by atomic mass is 32.2. The number of anilines is 3. The van der Waals surface area contributed by atoms with Crippen LogP contribution in [0.2, 0.25) is 0 Å². The molecule has 0 spiro atoms. The predicted molar refractivity (Wildman–Crippen MR) is 88.4 cm³/mol. The Kier molecular flexibility index (Phi) is 5.76. The predicted octanol–water partition coefficient (Wildman–Crippen LogP) is 2.97. The maximum atomic E-state index is 5.77. The summed E-state index contributed by atoms with van der Waals surface area (Å²) in [6.45, 7) is 3.02. The lowest BCUT2D eigenvalue weighted by Crippen LogP contribution is -2.27. The summed E-state index contributed by atoms with van der Waals surface area (Å²) in [5, 5.41) is 7.58. The molecule has 0 atom stereocenters. The Morgan fingerprint density at radius 2 is 1.95 bits per heavy atom. The Balaban J connectivity index is 1.93. The van der Waals surface area contributed by atoms with Crippen LogP contribution in [-0.4, -0.2) is 34.1 Å². The van der Waals surface area contributed by atoms with E-state index in [-0.39, 0.29) is 0 Å². The van der Waals surface area contributed by atoms with Crippen molar-refractivity contribution in [3.8, 4) is 0 Å². The number of nitrogens with two attached hydrogens (primary N) is 1. The number of hydrogen-bond donors (Lipinski definition) is 3. The topological polar surface area (TPSA) is 75.9 Å². The summed E-state index contributed by atoms with van der Waals surface area (Å²) in [4.78, 5) is 8.49. The summed E-state index contributed by atoms with van der Waals surface area (Å²) < 4.78 is 0. The molecule has 6 heteroatoms. The minimum absolute atomic E-state index is 0.325. The summed E-state index contributed by atoms with van der Waals surface area (Å²) in [6, 6.07) is 2.46. The zero-order valence-corrected chi connectivity index (χ0v) is 13.2. The van der Waals surface area contributed by atoms with Gasteiger partial charge in [0.15, 0.2) is 0 Å². The van der Waals surface area contributed by atoms with Crippen molar-refractivity contribution in [1.29, 1.82) is 0 Å². The molecule has 0 radical (unpaired) electrons. The van der Waals surface area contributed by atoms with Crippen molar-refractivity contribution in [3.05, 3.63) is 6.07 Å². The normalized spacial score (nSPS) is 22.5. The molecule has 1 heterocycles. The van der Waals surface area contributed by atoms with Gasteiger partial charge >= 0.3 is 0 Å². The number of thioether (sulfide) groups is 1. The molecule has 0 saturated heterocycles. The second-order valence-electron chi connectivity index (χ2n) is 5.28. The fourth-order valence-electron chi connectivity index (χ4n) is 2.54. The van der Waals surface area contributed by atoms with Crippen LogP contribution < -0.4 is 16.4 Å². The molecule has 0 unspecified atom stereocenters. The Morgan fingerprint density at radius 3 is 2.60 bits per heavy atom. The van der Waals surface area contributed by atoms with Crippen LogP contribution in [0.1, 0.15) is 39.0 Å². The summed E-state index contributed by atoms with van der Waals surface area (Å²) in [5.74, 6) is 1.97. The number of aromatic nitrogens is 2. The molecule has 1 aliphatic carbocycles. The summed E-state index contributed by atoms with van der Waals surface area (Å²) in [7, 11) is 0. The molecule has 2 rings (SSSR count). The number of nitrogen functional groups attached to an aromatic ring is 1. The Bertz CT molecular complexity index is 418. The SMILES string of the molecule is CCCNc1cc(NC2CCC(SC)CC2)nc(N)n1. The lowest BCUT2D eigenvalue weighted by molar-refractivity contribution is 0.472. The molecule has 1 aromatic rings. The smallest absolute Gasteiger partial charge is 0.223 e. The van der Waals surface area contributed by atoms with Gasteiger partial charge in [0.25, 0.3) is 0 Å². The van der Waals surface area contributed by atoms with Gasteiger partial charge in [0.05, 0.1) is 0 Å². The maximum absolute atomic E-state index is 5.77. The average molecular weight is 295 g/mol. The largest absolute Gasteiger partial charge is 0.370 e. The minimum atomic E-state index is 0.325. The third kappa shape index (κ3) is 4.44. The first-order chi connectivity index (χ1) is 9.71. The van der Waals surface area contributed by atoms with Crippen LogP contribution in [0.4, 0.5) is 17.6 Å². The van der Waals surface area contributed by atoms with Gasteiger partial charge in [-0.1, -0.05) is 6.92 Å². The molecule has 0 amide bonds. The number of nitrogens with zero attached hydrogens (tertiary/aromatic N) is 2. The van der Waals surface area contributed by atoms with Crippen LogP contribution in [0.25, 0.3) is 0 Å². The monoisotopic (exact) mass is 295 g/mol. The van der Waals surface area contributed by atoms with Crippen molar-refractivity contribution in [3.63, 3.8) is 0 Å². The van der Waals surface area contributed by atoms with Crippen LogP contribution in [0.3, 0.4) is 0 Å². The molecule has 5 nitrogen and oxygen atoms in total. The van der Waals surface area contributed by atoms with Crippen molar-refractivity contribution in [2.24, 2.45) is 0 Å². The second-order valence-corrected chi connectivity index (χ2v) is 6.42. The maximum Gasteiger partial charge on any atom is 0.223 e. The number of rotatable bonds is 6. The standard InChI is InChI=1S/C14H25N5S/c1-3-8-16-12-9-13(19-14(15)18-12)17-10-4-6-11(20-2)7-5-10/h9-11H,3-8H2,1-2H3,(H4,15,16,17,18,19). The van der Waals surface area contributed by atoms with Crippen molar-refractivity contribution in [1.82, 2.24) is 9.97 Å². The first-order valence-corrected chi connectivity index (χ1v) is 8.67. The molecule has 1 aromatic heterocycles. The lowest BCUT2D eigenvalue weighted by Gasteiger charge is -2.28. The quantitative estimate of drug-likeness (QED) is 0.749. The van der Waals surface area contributed by atoms with Gasteiger partial charge in [-0.25, -0.2) is 0 Å². The van der Waals surface area contributed by atoms with Crippen LogP contribution >= 0.6 is 11.8 Å². The molecule has 0 aromatic carbocycles. The summed E-state index contributed by atoms with van der Waals surface area (Å²) >= 11 is 1.98. The van der Waals surface area contributed by atoms with E-state index in [0.717, 1.165) is 29.9 Å². The number of nitrogens with one attached hydrogen (secondary N) is 2. The second kappa shape index (κ2) is 7.57.